The first-order valence-corrected chi connectivity index (χ1v) is 6.25. The zero-order chi connectivity index (χ0) is 13.1. The van der Waals surface area contributed by atoms with Gasteiger partial charge in [-0.25, -0.2) is 4.39 Å². The molecule has 0 aliphatic rings. The molecule has 94 valence electrons. The fraction of sp³-hybridized carbons (Fsp3) is 0.143. The summed E-state index contributed by atoms with van der Waals surface area (Å²) < 4.78 is 13.3. The fourth-order valence-electron chi connectivity index (χ4n) is 1.92. The van der Waals surface area contributed by atoms with Gasteiger partial charge in [-0.3, -0.25) is 0 Å². The monoisotopic (exact) mass is 283 g/mol. The van der Waals surface area contributed by atoms with Crippen LogP contribution in [0.2, 0.25) is 10.0 Å². The van der Waals surface area contributed by atoms with Crippen LogP contribution < -0.4 is 5.32 Å². The number of hydrogen-bond donors (Lipinski definition) is 1. The maximum Gasteiger partial charge on any atom is 0.123 e. The minimum atomic E-state index is -0.309. The molecule has 1 nitrogen and oxygen atoms in total. The average molecular weight is 284 g/mol. The van der Waals surface area contributed by atoms with Crippen LogP contribution in [-0.2, 0) is 0 Å². The molecule has 0 aromatic heterocycles. The molecule has 0 spiro atoms. The molecule has 0 amide bonds. The van der Waals surface area contributed by atoms with Crippen molar-refractivity contribution in [1.82, 2.24) is 5.32 Å². The smallest absolute Gasteiger partial charge is 0.123 e. The highest BCUT2D eigenvalue weighted by molar-refractivity contribution is 6.31. The Morgan fingerprint density at radius 3 is 2.56 bits per heavy atom. The van der Waals surface area contributed by atoms with Crippen LogP contribution in [-0.4, -0.2) is 7.05 Å². The summed E-state index contributed by atoms with van der Waals surface area (Å²) >= 11 is 12.1. The van der Waals surface area contributed by atoms with Crippen LogP contribution in [0.1, 0.15) is 17.2 Å². The van der Waals surface area contributed by atoms with Crippen LogP contribution in [0.3, 0.4) is 0 Å². The van der Waals surface area contributed by atoms with Gasteiger partial charge in [0.15, 0.2) is 0 Å². The predicted octanol–water partition coefficient (Wildman–Crippen LogP) is 4.44. The average Bonchev–Trinajstić information content (AvgIpc) is 2.35. The van der Waals surface area contributed by atoms with E-state index in [9.17, 15) is 4.39 Å². The first-order valence-electron chi connectivity index (χ1n) is 5.49. The van der Waals surface area contributed by atoms with Crippen LogP contribution in [0, 0.1) is 5.82 Å². The van der Waals surface area contributed by atoms with Gasteiger partial charge in [0.25, 0.3) is 0 Å². The SMILES string of the molecule is CNC(c1cccc(Cl)c1)c1cc(F)ccc1Cl. The molecule has 0 fully saturated rings. The van der Waals surface area contributed by atoms with Crippen molar-refractivity contribution in [1.29, 1.82) is 0 Å². The van der Waals surface area contributed by atoms with Gasteiger partial charge in [0.1, 0.15) is 5.82 Å². The normalized spacial score (nSPS) is 12.4. The quantitative estimate of drug-likeness (QED) is 0.878. The Morgan fingerprint density at radius 2 is 1.89 bits per heavy atom. The maximum absolute atomic E-state index is 13.3. The van der Waals surface area contributed by atoms with Crippen molar-refractivity contribution < 1.29 is 4.39 Å². The Hall–Kier alpha value is -1.09. The molecule has 0 bridgehead atoms. The van der Waals surface area contributed by atoms with Gasteiger partial charge in [0, 0.05) is 10.0 Å². The Balaban J connectivity index is 2.48. The summed E-state index contributed by atoms with van der Waals surface area (Å²) in [5, 5.41) is 4.28. The van der Waals surface area contributed by atoms with Crippen LogP contribution in [0.25, 0.3) is 0 Å². The van der Waals surface area contributed by atoms with Crippen LogP contribution in [0.5, 0.6) is 0 Å². The standard InChI is InChI=1S/C14H12Cl2FN/c1-18-14(9-3-2-4-10(15)7-9)12-8-11(17)5-6-13(12)16/h2-8,14,18H,1H3. The van der Waals surface area contributed by atoms with Crippen molar-refractivity contribution in [3.05, 3.63) is 69.5 Å². The summed E-state index contributed by atoms with van der Waals surface area (Å²) in [5.41, 5.74) is 1.64. The number of hydrogen-bond acceptors (Lipinski definition) is 1. The van der Waals surface area contributed by atoms with E-state index in [0.717, 1.165) is 5.56 Å². The first kappa shape index (κ1) is 13.3. The third kappa shape index (κ3) is 2.83. The van der Waals surface area contributed by atoms with E-state index in [1.807, 2.05) is 18.2 Å². The summed E-state index contributed by atoms with van der Waals surface area (Å²) in [7, 11) is 1.80. The molecule has 2 aromatic carbocycles. The molecule has 2 rings (SSSR count). The van der Waals surface area contributed by atoms with Gasteiger partial charge in [-0.05, 0) is 48.5 Å². The number of benzene rings is 2. The summed E-state index contributed by atoms with van der Waals surface area (Å²) in [6.07, 6.45) is 0. The zero-order valence-electron chi connectivity index (χ0n) is 9.75. The van der Waals surface area contributed by atoms with Crippen LogP contribution in [0.15, 0.2) is 42.5 Å². The molecule has 1 unspecified atom stereocenters. The molecular weight excluding hydrogens is 272 g/mol. The zero-order valence-corrected chi connectivity index (χ0v) is 11.3. The lowest BCUT2D eigenvalue weighted by atomic mass is 9.99. The van der Waals surface area contributed by atoms with Gasteiger partial charge in [0.05, 0.1) is 6.04 Å². The van der Waals surface area contributed by atoms with Gasteiger partial charge in [-0.15, -0.1) is 0 Å². The van der Waals surface area contributed by atoms with E-state index in [1.54, 1.807) is 19.2 Å². The minimum absolute atomic E-state index is 0.188. The van der Waals surface area contributed by atoms with Gasteiger partial charge < -0.3 is 5.32 Å². The van der Waals surface area contributed by atoms with Crippen LogP contribution >= 0.6 is 23.2 Å². The van der Waals surface area contributed by atoms with Crippen LogP contribution in [0.4, 0.5) is 4.39 Å². The molecule has 0 saturated heterocycles. The summed E-state index contributed by atoms with van der Waals surface area (Å²) in [4.78, 5) is 0. The van der Waals surface area contributed by atoms with Crippen molar-refractivity contribution in [3.63, 3.8) is 0 Å². The molecule has 0 aliphatic carbocycles. The van der Waals surface area contributed by atoms with E-state index in [4.69, 9.17) is 23.2 Å². The van der Waals surface area contributed by atoms with E-state index < -0.39 is 0 Å². The second-order valence-corrected chi connectivity index (χ2v) is 4.79. The van der Waals surface area contributed by atoms with Gasteiger partial charge in [-0.2, -0.15) is 0 Å². The molecule has 4 heteroatoms. The fourth-order valence-corrected chi connectivity index (χ4v) is 2.35. The molecular formula is C14H12Cl2FN. The molecule has 0 saturated carbocycles. The third-order valence-corrected chi connectivity index (χ3v) is 3.32. The lowest BCUT2D eigenvalue weighted by Gasteiger charge is -2.18. The Morgan fingerprint density at radius 1 is 1.11 bits per heavy atom. The molecule has 1 atom stereocenters. The molecule has 0 aliphatic heterocycles. The maximum atomic E-state index is 13.3. The summed E-state index contributed by atoms with van der Waals surface area (Å²) in [6.45, 7) is 0. The first-order chi connectivity index (χ1) is 8.61. The number of nitrogens with one attached hydrogen (secondary N) is 1. The highest BCUT2D eigenvalue weighted by Gasteiger charge is 2.16. The minimum Gasteiger partial charge on any atom is -0.309 e. The van der Waals surface area contributed by atoms with E-state index in [2.05, 4.69) is 5.32 Å². The molecule has 0 heterocycles. The Bertz CT molecular complexity index is 557. The number of halogens is 3. The van der Waals surface area contributed by atoms with Crippen molar-refractivity contribution in [3.8, 4) is 0 Å². The van der Waals surface area contributed by atoms with Crippen molar-refractivity contribution in [2.75, 3.05) is 7.05 Å². The predicted molar refractivity (Wildman–Crippen MR) is 73.8 cm³/mol. The van der Waals surface area contributed by atoms with E-state index in [1.165, 1.54) is 12.1 Å². The van der Waals surface area contributed by atoms with Gasteiger partial charge in [-0.1, -0.05) is 35.3 Å². The third-order valence-electron chi connectivity index (χ3n) is 2.74. The molecule has 0 radical (unpaired) electrons. The lowest BCUT2D eigenvalue weighted by Crippen LogP contribution is -2.18. The van der Waals surface area contributed by atoms with Gasteiger partial charge >= 0.3 is 0 Å². The van der Waals surface area contributed by atoms with Crippen molar-refractivity contribution >= 4 is 23.2 Å². The Kier molecular flexibility index (Phi) is 4.23. The van der Waals surface area contributed by atoms with E-state index in [0.29, 0.717) is 15.6 Å². The van der Waals surface area contributed by atoms with E-state index in [-0.39, 0.29) is 11.9 Å². The Labute approximate surface area is 116 Å². The summed E-state index contributed by atoms with van der Waals surface area (Å²) in [5.74, 6) is -0.309. The highest BCUT2D eigenvalue weighted by atomic mass is 35.5. The van der Waals surface area contributed by atoms with Crippen molar-refractivity contribution in [2.45, 2.75) is 6.04 Å². The topological polar surface area (TPSA) is 12.0 Å². The van der Waals surface area contributed by atoms with Gasteiger partial charge in [0.2, 0.25) is 0 Å². The number of rotatable bonds is 3. The molecule has 2 aromatic rings. The van der Waals surface area contributed by atoms with E-state index >= 15 is 0 Å². The molecule has 1 N–H and O–H groups in total. The highest BCUT2D eigenvalue weighted by Crippen LogP contribution is 2.29. The second kappa shape index (κ2) is 5.70. The second-order valence-electron chi connectivity index (χ2n) is 3.94. The lowest BCUT2D eigenvalue weighted by molar-refractivity contribution is 0.617. The largest absolute Gasteiger partial charge is 0.309 e. The summed E-state index contributed by atoms with van der Waals surface area (Å²) in [6, 6.07) is 11.6. The van der Waals surface area contributed by atoms with Crippen molar-refractivity contribution in [2.24, 2.45) is 0 Å². The molecule has 18 heavy (non-hydrogen) atoms.